The first-order valence-electron chi connectivity index (χ1n) is 5.30. The lowest BCUT2D eigenvalue weighted by Gasteiger charge is -2.03. The monoisotopic (exact) mass is 297 g/mol. The van der Waals surface area contributed by atoms with Crippen LogP contribution in [0.15, 0.2) is 28.7 Å². The van der Waals surface area contributed by atoms with Gasteiger partial charge in [-0.15, -0.1) is 0 Å². The average Bonchev–Trinajstić information content (AvgIpc) is 2.56. The summed E-state index contributed by atoms with van der Waals surface area (Å²) in [5.74, 6) is 0.431. The van der Waals surface area contributed by atoms with Crippen LogP contribution in [-0.2, 0) is 0 Å². The van der Waals surface area contributed by atoms with E-state index in [0.717, 1.165) is 10.2 Å². The van der Waals surface area contributed by atoms with Crippen LogP contribution in [0, 0.1) is 5.82 Å². The lowest BCUT2D eigenvalue weighted by atomic mass is 10.1. The summed E-state index contributed by atoms with van der Waals surface area (Å²) >= 11 is 3.42. The molecule has 0 fully saturated rings. The molecule has 0 spiro atoms. The van der Waals surface area contributed by atoms with E-state index in [2.05, 4.69) is 21.0 Å². The molecule has 3 nitrogen and oxygen atoms in total. The predicted octanol–water partition coefficient (Wildman–Crippen LogP) is 3.48. The number of halogens is 2. The first-order chi connectivity index (χ1) is 8.00. The van der Waals surface area contributed by atoms with Crippen molar-refractivity contribution in [3.8, 4) is 5.69 Å². The highest BCUT2D eigenvalue weighted by Gasteiger charge is 2.16. The molecule has 2 rings (SSSR count). The van der Waals surface area contributed by atoms with E-state index in [1.54, 1.807) is 16.8 Å². The van der Waals surface area contributed by atoms with Crippen LogP contribution >= 0.6 is 15.9 Å². The molecule has 0 aliphatic heterocycles. The summed E-state index contributed by atoms with van der Waals surface area (Å²) in [6, 6.07) is 6.19. The summed E-state index contributed by atoms with van der Waals surface area (Å²) in [4.78, 5) is 0. The van der Waals surface area contributed by atoms with Crippen molar-refractivity contribution in [3.63, 3.8) is 0 Å². The Morgan fingerprint density at radius 2 is 2.12 bits per heavy atom. The molecule has 90 valence electrons. The van der Waals surface area contributed by atoms with Crippen molar-refractivity contribution < 1.29 is 4.39 Å². The molecule has 0 amide bonds. The molecule has 2 N–H and O–H groups in total. The van der Waals surface area contributed by atoms with Crippen LogP contribution in [0.25, 0.3) is 5.69 Å². The minimum absolute atomic E-state index is 0.251. The van der Waals surface area contributed by atoms with Crippen molar-refractivity contribution in [1.29, 1.82) is 0 Å². The van der Waals surface area contributed by atoms with E-state index in [4.69, 9.17) is 5.73 Å². The number of anilines is 1. The maximum atomic E-state index is 13.2. The van der Waals surface area contributed by atoms with Gasteiger partial charge >= 0.3 is 0 Å². The van der Waals surface area contributed by atoms with Gasteiger partial charge in [0.2, 0.25) is 0 Å². The van der Waals surface area contributed by atoms with E-state index in [0.29, 0.717) is 11.5 Å². The zero-order chi connectivity index (χ0) is 12.6. The number of nitrogens with two attached hydrogens (primary N) is 1. The molecule has 17 heavy (non-hydrogen) atoms. The molecule has 0 radical (unpaired) electrons. The van der Waals surface area contributed by atoms with E-state index in [9.17, 15) is 4.39 Å². The van der Waals surface area contributed by atoms with Crippen LogP contribution in [0.5, 0.6) is 0 Å². The van der Waals surface area contributed by atoms with Crippen molar-refractivity contribution in [1.82, 2.24) is 9.78 Å². The molecular formula is C12H13BrFN3. The number of aromatic nitrogens is 2. The van der Waals surface area contributed by atoms with Crippen LogP contribution < -0.4 is 5.73 Å². The normalized spacial score (nSPS) is 11.1. The van der Waals surface area contributed by atoms with Gasteiger partial charge in [0.05, 0.1) is 15.9 Å². The van der Waals surface area contributed by atoms with Gasteiger partial charge in [-0.05, 0) is 40.0 Å². The summed E-state index contributed by atoms with van der Waals surface area (Å²) in [5, 5.41) is 4.40. The molecule has 1 heterocycles. The molecule has 0 unspecified atom stereocenters. The SMILES string of the molecule is CC(C)c1nn(-c2cccc(F)c2)c(N)c1Br. The minimum atomic E-state index is -0.306. The highest BCUT2D eigenvalue weighted by atomic mass is 79.9. The average molecular weight is 298 g/mol. The second kappa shape index (κ2) is 4.49. The Kier molecular flexibility index (Phi) is 3.19. The first-order valence-corrected chi connectivity index (χ1v) is 6.10. The smallest absolute Gasteiger partial charge is 0.141 e. The van der Waals surface area contributed by atoms with Crippen LogP contribution in [0.4, 0.5) is 10.2 Å². The topological polar surface area (TPSA) is 43.8 Å². The molecule has 0 atom stereocenters. The summed E-state index contributed by atoms with van der Waals surface area (Å²) < 4.78 is 15.5. The van der Waals surface area contributed by atoms with Gasteiger partial charge in [-0.2, -0.15) is 5.10 Å². The first kappa shape index (κ1) is 12.1. The zero-order valence-electron chi connectivity index (χ0n) is 9.61. The molecule has 1 aromatic heterocycles. The second-order valence-electron chi connectivity index (χ2n) is 4.13. The maximum Gasteiger partial charge on any atom is 0.141 e. The Morgan fingerprint density at radius 1 is 1.41 bits per heavy atom. The summed E-state index contributed by atoms with van der Waals surface area (Å²) in [6.07, 6.45) is 0. The predicted molar refractivity (Wildman–Crippen MR) is 69.7 cm³/mol. The van der Waals surface area contributed by atoms with Gasteiger partial charge in [-0.3, -0.25) is 0 Å². The Balaban J connectivity index is 2.57. The third-order valence-electron chi connectivity index (χ3n) is 2.49. The molecule has 0 saturated carbocycles. The maximum absolute atomic E-state index is 13.2. The van der Waals surface area contributed by atoms with Crippen LogP contribution in [0.2, 0.25) is 0 Å². The lowest BCUT2D eigenvalue weighted by molar-refractivity contribution is 0.625. The molecule has 0 aliphatic carbocycles. The number of rotatable bonds is 2. The van der Waals surface area contributed by atoms with Crippen molar-refractivity contribution in [2.75, 3.05) is 5.73 Å². The number of benzene rings is 1. The van der Waals surface area contributed by atoms with Gasteiger partial charge in [0.25, 0.3) is 0 Å². The van der Waals surface area contributed by atoms with Gasteiger partial charge in [0.1, 0.15) is 11.6 Å². The Morgan fingerprint density at radius 3 is 2.65 bits per heavy atom. The number of hydrogen-bond acceptors (Lipinski definition) is 2. The van der Waals surface area contributed by atoms with Crippen molar-refractivity contribution in [3.05, 3.63) is 40.2 Å². The van der Waals surface area contributed by atoms with Gasteiger partial charge in [-0.1, -0.05) is 19.9 Å². The van der Waals surface area contributed by atoms with Crippen LogP contribution in [0.3, 0.4) is 0 Å². The summed E-state index contributed by atoms with van der Waals surface area (Å²) in [7, 11) is 0. The van der Waals surface area contributed by atoms with Crippen LogP contribution in [0.1, 0.15) is 25.5 Å². The van der Waals surface area contributed by atoms with Crippen LogP contribution in [-0.4, -0.2) is 9.78 Å². The fourth-order valence-electron chi connectivity index (χ4n) is 1.60. The molecule has 5 heteroatoms. The molecule has 1 aromatic carbocycles. The van der Waals surface area contributed by atoms with Gasteiger partial charge in [-0.25, -0.2) is 9.07 Å². The van der Waals surface area contributed by atoms with Crippen molar-refractivity contribution >= 4 is 21.7 Å². The van der Waals surface area contributed by atoms with Gasteiger partial charge in [0, 0.05) is 0 Å². The quantitative estimate of drug-likeness (QED) is 0.922. The number of hydrogen-bond donors (Lipinski definition) is 1. The van der Waals surface area contributed by atoms with Crippen molar-refractivity contribution in [2.45, 2.75) is 19.8 Å². The fourth-order valence-corrected chi connectivity index (χ4v) is 2.31. The number of nitrogens with zero attached hydrogens (tertiary/aromatic N) is 2. The minimum Gasteiger partial charge on any atom is -0.383 e. The summed E-state index contributed by atoms with van der Waals surface area (Å²) in [5.41, 5.74) is 7.44. The molecule has 2 aromatic rings. The standard InChI is InChI=1S/C12H13BrFN3/c1-7(2)11-10(13)12(15)17(16-11)9-5-3-4-8(14)6-9/h3-7H,15H2,1-2H3. The van der Waals surface area contributed by atoms with Gasteiger partial charge < -0.3 is 5.73 Å². The lowest BCUT2D eigenvalue weighted by Crippen LogP contribution is -2.02. The number of nitrogen functional groups attached to an aromatic ring is 1. The third-order valence-corrected chi connectivity index (χ3v) is 3.30. The highest BCUT2D eigenvalue weighted by molar-refractivity contribution is 9.10. The zero-order valence-corrected chi connectivity index (χ0v) is 11.2. The summed E-state index contributed by atoms with van der Waals surface area (Å²) in [6.45, 7) is 4.06. The van der Waals surface area contributed by atoms with E-state index in [1.165, 1.54) is 12.1 Å². The Bertz CT molecular complexity index is 549. The Hall–Kier alpha value is -1.36. The fraction of sp³-hybridized carbons (Fsp3) is 0.250. The van der Waals surface area contributed by atoms with E-state index in [1.807, 2.05) is 13.8 Å². The largest absolute Gasteiger partial charge is 0.383 e. The van der Waals surface area contributed by atoms with Gasteiger partial charge in [0.15, 0.2) is 0 Å². The molecule has 0 bridgehead atoms. The van der Waals surface area contributed by atoms with Crippen molar-refractivity contribution in [2.24, 2.45) is 0 Å². The Labute approximate surface area is 108 Å². The molecular weight excluding hydrogens is 285 g/mol. The molecule has 0 aliphatic rings. The molecule has 0 saturated heterocycles. The van der Waals surface area contributed by atoms with E-state index < -0.39 is 0 Å². The van der Waals surface area contributed by atoms with E-state index >= 15 is 0 Å². The highest BCUT2D eigenvalue weighted by Crippen LogP contribution is 2.31. The third kappa shape index (κ3) is 2.20. The van der Waals surface area contributed by atoms with E-state index in [-0.39, 0.29) is 11.7 Å². The second-order valence-corrected chi connectivity index (χ2v) is 4.92.